The van der Waals surface area contributed by atoms with Gasteiger partial charge in [0.15, 0.2) is 11.5 Å². The van der Waals surface area contributed by atoms with Gasteiger partial charge < -0.3 is 29.4 Å². The van der Waals surface area contributed by atoms with Crippen molar-refractivity contribution >= 4 is 5.91 Å². The van der Waals surface area contributed by atoms with Gasteiger partial charge >= 0.3 is 0 Å². The van der Waals surface area contributed by atoms with Gasteiger partial charge in [-0.1, -0.05) is 5.16 Å². The van der Waals surface area contributed by atoms with Crippen LogP contribution in [0.3, 0.4) is 0 Å². The molecule has 0 bridgehead atoms. The molecule has 3 rings (SSSR count). The molecule has 1 aromatic heterocycles. The summed E-state index contributed by atoms with van der Waals surface area (Å²) in [4.78, 5) is 16.3. The van der Waals surface area contributed by atoms with E-state index in [-0.39, 0.29) is 18.5 Å². The van der Waals surface area contributed by atoms with Crippen LogP contribution in [0.2, 0.25) is 0 Å². The van der Waals surface area contributed by atoms with Gasteiger partial charge in [-0.25, -0.2) is 0 Å². The van der Waals surface area contributed by atoms with E-state index in [2.05, 4.69) is 20.8 Å². The van der Waals surface area contributed by atoms with E-state index in [1.807, 2.05) is 0 Å². The molecule has 0 saturated carbocycles. The maximum absolute atomic E-state index is 12.0. The van der Waals surface area contributed by atoms with Crippen molar-refractivity contribution in [1.29, 1.82) is 0 Å². The molecule has 2 heterocycles. The Morgan fingerprint density at radius 1 is 1.27 bits per heavy atom. The monoisotopic (exact) mass is 362 g/mol. The minimum absolute atomic E-state index is 0.0602. The van der Waals surface area contributed by atoms with Crippen molar-refractivity contribution in [3.05, 3.63) is 18.0 Å². The fourth-order valence-corrected chi connectivity index (χ4v) is 2.85. The SMILES string of the molecule is COc1cc(-c2noc(CNC(=O)C3CCCN3)n2)cc(OC)c1OC. The zero-order valence-electron chi connectivity index (χ0n) is 15.0. The molecule has 1 atom stereocenters. The molecule has 0 spiro atoms. The molecule has 9 nitrogen and oxygen atoms in total. The number of benzene rings is 1. The van der Waals surface area contributed by atoms with E-state index in [1.54, 1.807) is 12.1 Å². The van der Waals surface area contributed by atoms with Crippen molar-refractivity contribution in [3.63, 3.8) is 0 Å². The molecule has 1 amide bonds. The van der Waals surface area contributed by atoms with Gasteiger partial charge in [-0.3, -0.25) is 4.79 Å². The number of amides is 1. The zero-order chi connectivity index (χ0) is 18.5. The fourth-order valence-electron chi connectivity index (χ4n) is 2.85. The Morgan fingerprint density at radius 3 is 2.58 bits per heavy atom. The van der Waals surface area contributed by atoms with Crippen molar-refractivity contribution in [2.75, 3.05) is 27.9 Å². The van der Waals surface area contributed by atoms with Gasteiger partial charge in [0, 0.05) is 5.56 Å². The number of nitrogens with one attached hydrogen (secondary N) is 2. The topological polar surface area (TPSA) is 108 Å². The molecule has 1 aromatic carbocycles. The minimum atomic E-state index is -0.146. The van der Waals surface area contributed by atoms with Crippen LogP contribution in [0.5, 0.6) is 17.2 Å². The number of carbonyl (C=O) groups is 1. The third-order valence-electron chi connectivity index (χ3n) is 4.18. The quantitative estimate of drug-likeness (QED) is 0.755. The van der Waals surface area contributed by atoms with Crippen LogP contribution < -0.4 is 24.8 Å². The zero-order valence-corrected chi connectivity index (χ0v) is 15.0. The van der Waals surface area contributed by atoms with Crippen molar-refractivity contribution in [1.82, 2.24) is 20.8 Å². The van der Waals surface area contributed by atoms with Gasteiger partial charge in [0.2, 0.25) is 23.4 Å². The number of nitrogens with zero attached hydrogens (tertiary/aromatic N) is 2. The van der Waals surface area contributed by atoms with E-state index in [0.29, 0.717) is 34.5 Å². The molecule has 1 aliphatic heterocycles. The maximum Gasteiger partial charge on any atom is 0.246 e. The molecular weight excluding hydrogens is 340 g/mol. The molecule has 0 aliphatic carbocycles. The molecule has 26 heavy (non-hydrogen) atoms. The molecule has 2 N–H and O–H groups in total. The van der Waals surface area contributed by atoms with Crippen LogP contribution in [0.1, 0.15) is 18.7 Å². The summed E-state index contributed by atoms with van der Waals surface area (Å²) in [5, 5.41) is 9.91. The summed E-state index contributed by atoms with van der Waals surface area (Å²) >= 11 is 0. The summed E-state index contributed by atoms with van der Waals surface area (Å²) in [5.74, 6) is 2.10. The van der Waals surface area contributed by atoms with E-state index in [4.69, 9.17) is 18.7 Å². The van der Waals surface area contributed by atoms with Crippen LogP contribution in [0, 0.1) is 0 Å². The largest absolute Gasteiger partial charge is 0.493 e. The number of hydrogen-bond acceptors (Lipinski definition) is 8. The van der Waals surface area contributed by atoms with Crippen molar-refractivity contribution in [2.24, 2.45) is 0 Å². The Morgan fingerprint density at radius 2 is 2.00 bits per heavy atom. The molecular formula is C17H22N4O5. The highest BCUT2D eigenvalue weighted by Gasteiger charge is 2.22. The third kappa shape index (κ3) is 3.72. The normalized spacial score (nSPS) is 16.3. The fraction of sp³-hybridized carbons (Fsp3) is 0.471. The first-order valence-electron chi connectivity index (χ1n) is 8.30. The number of methoxy groups -OCH3 is 3. The predicted octanol–water partition coefficient (Wildman–Crippen LogP) is 1.13. The first-order chi connectivity index (χ1) is 12.7. The minimum Gasteiger partial charge on any atom is -0.493 e. The van der Waals surface area contributed by atoms with Gasteiger partial charge in [-0.05, 0) is 31.5 Å². The summed E-state index contributed by atoms with van der Waals surface area (Å²) in [6.45, 7) is 1.04. The Hall–Kier alpha value is -2.81. The molecule has 9 heteroatoms. The van der Waals surface area contributed by atoms with Crippen molar-refractivity contribution in [3.8, 4) is 28.6 Å². The molecule has 140 valence electrons. The van der Waals surface area contributed by atoms with Crippen LogP contribution in [-0.4, -0.2) is 50.0 Å². The Labute approximate surface area is 151 Å². The lowest BCUT2D eigenvalue weighted by atomic mass is 10.1. The number of hydrogen-bond donors (Lipinski definition) is 2. The number of rotatable bonds is 7. The molecule has 1 fully saturated rings. The third-order valence-corrected chi connectivity index (χ3v) is 4.18. The summed E-state index contributed by atoms with van der Waals surface area (Å²) in [6, 6.07) is 3.32. The van der Waals surface area contributed by atoms with E-state index >= 15 is 0 Å². The number of ether oxygens (including phenoxy) is 3. The van der Waals surface area contributed by atoms with E-state index in [0.717, 1.165) is 19.4 Å². The van der Waals surface area contributed by atoms with Crippen LogP contribution in [-0.2, 0) is 11.3 Å². The first-order valence-corrected chi connectivity index (χ1v) is 8.30. The molecule has 1 unspecified atom stereocenters. The summed E-state index contributed by atoms with van der Waals surface area (Å²) in [5.41, 5.74) is 0.651. The summed E-state index contributed by atoms with van der Waals surface area (Å²) in [7, 11) is 4.61. The highest BCUT2D eigenvalue weighted by Crippen LogP contribution is 2.40. The smallest absolute Gasteiger partial charge is 0.246 e. The molecule has 0 radical (unpaired) electrons. The number of carbonyl (C=O) groups excluding carboxylic acids is 1. The molecule has 1 aliphatic rings. The first kappa shape index (κ1) is 18.0. The average Bonchev–Trinajstić information content (AvgIpc) is 3.36. The van der Waals surface area contributed by atoms with Crippen molar-refractivity contribution < 1.29 is 23.5 Å². The standard InChI is InChI=1S/C17H22N4O5/c1-23-12-7-10(8-13(24-2)15(12)25-3)16-20-14(26-21-16)9-19-17(22)11-5-4-6-18-11/h7-8,11,18H,4-6,9H2,1-3H3,(H,19,22). The van der Waals surface area contributed by atoms with E-state index < -0.39 is 0 Å². The lowest BCUT2D eigenvalue weighted by molar-refractivity contribution is -0.123. The van der Waals surface area contributed by atoms with Crippen LogP contribution in [0.4, 0.5) is 0 Å². The van der Waals surface area contributed by atoms with Gasteiger partial charge in [0.25, 0.3) is 0 Å². The molecule has 2 aromatic rings. The van der Waals surface area contributed by atoms with Crippen LogP contribution in [0.15, 0.2) is 16.7 Å². The molecule has 1 saturated heterocycles. The second kappa shape index (κ2) is 8.05. The average molecular weight is 362 g/mol. The second-order valence-electron chi connectivity index (χ2n) is 5.79. The number of aromatic nitrogens is 2. The van der Waals surface area contributed by atoms with Crippen molar-refractivity contribution in [2.45, 2.75) is 25.4 Å². The Kier molecular flexibility index (Phi) is 5.57. The highest BCUT2D eigenvalue weighted by molar-refractivity contribution is 5.81. The van der Waals surface area contributed by atoms with Gasteiger partial charge in [-0.15, -0.1) is 0 Å². The van der Waals surface area contributed by atoms with Crippen LogP contribution >= 0.6 is 0 Å². The summed E-state index contributed by atoms with van der Waals surface area (Å²) in [6.07, 6.45) is 1.84. The maximum atomic E-state index is 12.0. The lowest BCUT2D eigenvalue weighted by Crippen LogP contribution is -2.40. The van der Waals surface area contributed by atoms with Gasteiger partial charge in [0.1, 0.15) is 0 Å². The predicted molar refractivity (Wildman–Crippen MR) is 92.3 cm³/mol. The Balaban J connectivity index is 1.73. The van der Waals surface area contributed by atoms with Crippen LogP contribution in [0.25, 0.3) is 11.4 Å². The van der Waals surface area contributed by atoms with E-state index in [1.165, 1.54) is 21.3 Å². The summed E-state index contributed by atoms with van der Waals surface area (Å²) < 4.78 is 21.2. The Bertz CT molecular complexity index is 745. The van der Waals surface area contributed by atoms with E-state index in [9.17, 15) is 4.79 Å². The van der Waals surface area contributed by atoms with Gasteiger partial charge in [0.05, 0.1) is 33.9 Å². The second-order valence-corrected chi connectivity index (χ2v) is 5.79. The highest BCUT2D eigenvalue weighted by atomic mass is 16.5. The lowest BCUT2D eigenvalue weighted by Gasteiger charge is -2.12. The van der Waals surface area contributed by atoms with Gasteiger partial charge in [-0.2, -0.15) is 4.98 Å².